The van der Waals surface area contributed by atoms with E-state index in [1.54, 1.807) is 36.5 Å². The fraction of sp³-hybridized carbons (Fsp3) is 0.444. The highest BCUT2D eigenvalue weighted by atomic mass is 32.2. The molecule has 260 valence electrons. The summed E-state index contributed by atoms with van der Waals surface area (Å²) in [7, 11) is 2.19. The summed E-state index contributed by atoms with van der Waals surface area (Å²) in [6, 6.07) is 15.8. The van der Waals surface area contributed by atoms with Gasteiger partial charge >= 0.3 is 0 Å². The number of sulfone groups is 1. The molecule has 4 aromatic rings. The quantitative estimate of drug-likeness (QED) is 0.216. The van der Waals surface area contributed by atoms with Gasteiger partial charge in [0, 0.05) is 49.5 Å². The summed E-state index contributed by atoms with van der Waals surface area (Å²) >= 11 is 0. The summed E-state index contributed by atoms with van der Waals surface area (Å²) in [6.07, 6.45) is 4.97. The molecular formula is C36H44N6O6S. The van der Waals surface area contributed by atoms with Crippen molar-refractivity contribution in [2.24, 2.45) is 5.92 Å². The monoisotopic (exact) mass is 688 g/mol. The van der Waals surface area contributed by atoms with Crippen LogP contribution >= 0.6 is 0 Å². The van der Waals surface area contributed by atoms with Crippen LogP contribution < -0.4 is 15.6 Å². The largest absolute Gasteiger partial charge is 0.489 e. The maximum atomic E-state index is 14.1. The van der Waals surface area contributed by atoms with Crippen molar-refractivity contribution in [3.8, 4) is 5.75 Å². The molecule has 6 rings (SSSR count). The Kier molecular flexibility index (Phi) is 10.7. The number of aromatic nitrogens is 3. The Balaban J connectivity index is 1.31. The van der Waals surface area contributed by atoms with Crippen LogP contribution in [0, 0.1) is 5.92 Å². The number of nitrogens with one attached hydrogen (secondary N) is 1. The number of anilines is 2. The number of benzene rings is 2. The van der Waals surface area contributed by atoms with Gasteiger partial charge in [-0.05, 0) is 101 Å². The molecule has 1 unspecified atom stereocenters. The average molecular weight is 689 g/mol. The zero-order valence-electron chi connectivity index (χ0n) is 28.3. The van der Waals surface area contributed by atoms with Crippen molar-refractivity contribution >= 4 is 38.3 Å². The topological polar surface area (TPSA) is 136 Å². The van der Waals surface area contributed by atoms with Gasteiger partial charge < -0.3 is 24.6 Å². The third kappa shape index (κ3) is 8.53. The summed E-state index contributed by atoms with van der Waals surface area (Å²) in [5.74, 6) is 0.478. The van der Waals surface area contributed by atoms with E-state index in [9.17, 15) is 18.0 Å². The fourth-order valence-electron chi connectivity index (χ4n) is 6.32. The highest BCUT2D eigenvalue weighted by molar-refractivity contribution is 7.91. The first-order chi connectivity index (χ1) is 23.6. The van der Waals surface area contributed by atoms with Crippen molar-refractivity contribution < 1.29 is 22.7 Å². The van der Waals surface area contributed by atoms with E-state index in [0.29, 0.717) is 49.2 Å². The smallest absolute Gasteiger partial charge is 0.263 e. The zero-order chi connectivity index (χ0) is 34.5. The van der Waals surface area contributed by atoms with E-state index in [-0.39, 0.29) is 46.5 Å². The number of likely N-dealkylation sites (N-methyl/N-ethyl adjacent to an activating group) is 1. The maximum Gasteiger partial charge on any atom is 0.263 e. The molecule has 0 spiro atoms. The Labute approximate surface area is 287 Å². The number of likely N-dealkylation sites (tertiary alicyclic amines) is 1. The third-order valence-electron chi connectivity index (χ3n) is 9.08. The minimum Gasteiger partial charge on any atom is -0.489 e. The molecule has 0 saturated carbocycles. The minimum absolute atomic E-state index is 0.0140. The standard InChI is InChI=1S/C36H44N6O6S/c1-40(2)16-19-49(45,46)31-8-4-6-25(20-31)23-42-34-27(21-32(35(42)44)33(43)26-13-17-47-18-14-26)22-37-36(39-34)38-28-9-11-29(12-10-28)48-30-7-5-15-41(3)24-30/h4,6,8-12,20-22,26,30H,5,7,13-19,23-24H2,1-3H3,(H,37,38,39). The number of hydrogen-bond donors (Lipinski definition) is 1. The van der Waals surface area contributed by atoms with Crippen molar-refractivity contribution in [2.45, 2.75) is 43.2 Å². The lowest BCUT2D eigenvalue weighted by Gasteiger charge is -2.30. The van der Waals surface area contributed by atoms with Crippen LogP contribution in [0.3, 0.4) is 0 Å². The fourth-order valence-corrected chi connectivity index (χ4v) is 7.77. The second-order valence-corrected chi connectivity index (χ2v) is 15.3. The summed E-state index contributed by atoms with van der Waals surface area (Å²) in [6.45, 7) is 3.31. The second-order valence-electron chi connectivity index (χ2n) is 13.2. The Morgan fingerprint density at radius 1 is 1.08 bits per heavy atom. The molecule has 2 saturated heterocycles. The molecule has 13 heteroatoms. The first kappa shape index (κ1) is 34.7. The molecule has 2 aromatic carbocycles. The van der Waals surface area contributed by atoms with Crippen LogP contribution in [0.4, 0.5) is 11.6 Å². The predicted molar refractivity (Wildman–Crippen MR) is 189 cm³/mol. The van der Waals surface area contributed by atoms with Gasteiger partial charge in [-0.2, -0.15) is 4.98 Å². The van der Waals surface area contributed by atoms with Gasteiger partial charge in [0.15, 0.2) is 15.6 Å². The van der Waals surface area contributed by atoms with Gasteiger partial charge in [-0.25, -0.2) is 13.4 Å². The lowest BCUT2D eigenvalue weighted by atomic mass is 9.91. The van der Waals surface area contributed by atoms with E-state index in [4.69, 9.17) is 14.5 Å². The number of Topliss-reactive ketones (excluding diaryl/α,β-unsaturated/α-hetero) is 1. The van der Waals surface area contributed by atoms with Crippen LogP contribution in [0.25, 0.3) is 11.0 Å². The van der Waals surface area contributed by atoms with E-state index in [0.717, 1.165) is 37.4 Å². The summed E-state index contributed by atoms with van der Waals surface area (Å²) in [5.41, 5.74) is 1.25. The van der Waals surface area contributed by atoms with Gasteiger partial charge in [0.2, 0.25) is 5.95 Å². The molecule has 1 N–H and O–H groups in total. The number of pyridine rings is 1. The molecular weight excluding hydrogens is 644 g/mol. The van der Waals surface area contributed by atoms with Crippen molar-refractivity contribution in [1.82, 2.24) is 24.3 Å². The molecule has 2 aromatic heterocycles. The second kappa shape index (κ2) is 15.2. The van der Waals surface area contributed by atoms with E-state index in [1.165, 1.54) is 4.57 Å². The highest BCUT2D eigenvalue weighted by Crippen LogP contribution is 2.25. The van der Waals surface area contributed by atoms with E-state index in [2.05, 4.69) is 22.2 Å². The van der Waals surface area contributed by atoms with Gasteiger partial charge in [0.25, 0.3) is 5.56 Å². The number of fused-ring (bicyclic) bond motifs is 1. The Morgan fingerprint density at radius 2 is 1.86 bits per heavy atom. The van der Waals surface area contributed by atoms with Crippen LogP contribution in [0.15, 0.2) is 70.5 Å². The number of rotatable bonds is 12. The van der Waals surface area contributed by atoms with Gasteiger partial charge in [0.1, 0.15) is 17.5 Å². The average Bonchev–Trinajstić information content (AvgIpc) is 3.10. The number of carbonyl (C=O) groups excluding carboxylic acids is 1. The lowest BCUT2D eigenvalue weighted by Crippen LogP contribution is -2.38. The van der Waals surface area contributed by atoms with Crippen LogP contribution in [0.5, 0.6) is 5.75 Å². The molecule has 1 atom stereocenters. The van der Waals surface area contributed by atoms with E-state index >= 15 is 0 Å². The Hall–Kier alpha value is -4.17. The molecule has 2 aliphatic rings. The summed E-state index contributed by atoms with van der Waals surface area (Å²) in [4.78, 5) is 41.3. The molecule has 0 bridgehead atoms. The SMILES string of the molecule is CN(C)CCS(=O)(=O)c1cccc(Cn2c(=O)c(C(=O)C3CCOCC3)cc3cnc(Nc4ccc(OC5CCCN(C)C5)cc4)nc32)c1. The Bertz CT molecular complexity index is 1960. The van der Waals surface area contributed by atoms with Crippen LogP contribution in [-0.2, 0) is 21.1 Å². The number of piperidine rings is 1. The molecule has 2 aliphatic heterocycles. The normalized spacial score (nSPS) is 17.8. The first-order valence-electron chi connectivity index (χ1n) is 16.8. The number of hydrogen-bond acceptors (Lipinski definition) is 11. The first-order valence-corrected chi connectivity index (χ1v) is 18.4. The minimum atomic E-state index is -3.56. The van der Waals surface area contributed by atoms with E-state index in [1.807, 2.05) is 43.3 Å². The number of ether oxygens (including phenoxy) is 2. The van der Waals surface area contributed by atoms with Crippen molar-refractivity contribution in [2.75, 3.05) is 65.1 Å². The van der Waals surface area contributed by atoms with Gasteiger partial charge in [0.05, 0.1) is 22.8 Å². The molecule has 4 heterocycles. The zero-order valence-corrected chi connectivity index (χ0v) is 29.1. The molecule has 0 aliphatic carbocycles. The third-order valence-corrected chi connectivity index (χ3v) is 10.8. The van der Waals surface area contributed by atoms with E-state index < -0.39 is 15.4 Å². The summed E-state index contributed by atoms with van der Waals surface area (Å²) < 4.78 is 39.3. The highest BCUT2D eigenvalue weighted by Gasteiger charge is 2.27. The van der Waals surface area contributed by atoms with Crippen LogP contribution in [0.1, 0.15) is 41.6 Å². The van der Waals surface area contributed by atoms with Gasteiger partial charge in [-0.1, -0.05) is 12.1 Å². The van der Waals surface area contributed by atoms with Gasteiger partial charge in [-0.15, -0.1) is 0 Å². The maximum absolute atomic E-state index is 14.1. The number of ketones is 1. The van der Waals surface area contributed by atoms with Crippen molar-refractivity contribution in [1.29, 1.82) is 0 Å². The molecule has 49 heavy (non-hydrogen) atoms. The summed E-state index contributed by atoms with van der Waals surface area (Å²) in [5, 5.41) is 3.74. The Morgan fingerprint density at radius 3 is 2.59 bits per heavy atom. The molecule has 0 radical (unpaired) electrons. The van der Waals surface area contributed by atoms with Crippen LogP contribution in [0.2, 0.25) is 0 Å². The molecule has 0 amide bonds. The van der Waals surface area contributed by atoms with Crippen LogP contribution in [-0.4, -0.2) is 104 Å². The molecule has 2 fully saturated rings. The predicted octanol–water partition coefficient (Wildman–Crippen LogP) is 4.00. The van der Waals surface area contributed by atoms with Crippen molar-refractivity contribution in [3.05, 3.63) is 82.3 Å². The van der Waals surface area contributed by atoms with Crippen molar-refractivity contribution in [3.63, 3.8) is 0 Å². The molecule has 12 nitrogen and oxygen atoms in total. The lowest BCUT2D eigenvalue weighted by molar-refractivity contribution is 0.0543. The number of nitrogens with zero attached hydrogens (tertiary/aromatic N) is 5. The number of carbonyl (C=O) groups is 1. The van der Waals surface area contributed by atoms with Gasteiger partial charge in [-0.3, -0.25) is 14.2 Å².